The molecule has 0 spiro atoms. The second kappa shape index (κ2) is 9.28. The molecular formula is C25H28N2O3. The molecule has 1 atom stereocenters. The number of aromatic nitrogens is 2. The first-order chi connectivity index (χ1) is 14.7. The Morgan fingerprint density at radius 3 is 2.53 bits per heavy atom. The number of hydrogen-bond acceptors (Lipinski definition) is 4. The Morgan fingerprint density at radius 2 is 1.70 bits per heavy atom. The maximum atomic E-state index is 5.73. The van der Waals surface area contributed by atoms with Crippen molar-refractivity contribution in [3.63, 3.8) is 0 Å². The molecule has 1 aromatic heterocycles. The molecule has 0 aliphatic heterocycles. The quantitative estimate of drug-likeness (QED) is 0.368. The molecule has 0 N–H and O–H groups in total. The molecule has 1 heterocycles. The average Bonchev–Trinajstić information content (AvgIpc) is 3.16. The van der Waals surface area contributed by atoms with E-state index in [1.54, 1.807) is 14.2 Å². The van der Waals surface area contributed by atoms with Crippen LogP contribution in [0.2, 0.25) is 0 Å². The summed E-state index contributed by atoms with van der Waals surface area (Å²) in [4.78, 5) is 4.97. The summed E-state index contributed by atoms with van der Waals surface area (Å²) in [6.07, 6.45) is 0. The Labute approximate surface area is 177 Å². The number of benzene rings is 3. The first kappa shape index (κ1) is 20.4. The van der Waals surface area contributed by atoms with Gasteiger partial charge in [0.2, 0.25) is 0 Å². The number of imidazole rings is 1. The van der Waals surface area contributed by atoms with Crippen molar-refractivity contribution in [1.82, 2.24) is 9.55 Å². The molecule has 1 unspecified atom stereocenters. The molecule has 0 saturated heterocycles. The SMILES string of the molecule is COCCOCCn1c(C(C)c2ccc3cc(OC)ccc3c2)nc2ccccc21. The zero-order valence-electron chi connectivity index (χ0n) is 17.8. The van der Waals surface area contributed by atoms with Crippen molar-refractivity contribution >= 4 is 21.8 Å². The summed E-state index contributed by atoms with van der Waals surface area (Å²) < 4.78 is 18.4. The fourth-order valence-corrected chi connectivity index (χ4v) is 3.85. The van der Waals surface area contributed by atoms with Gasteiger partial charge < -0.3 is 18.8 Å². The highest BCUT2D eigenvalue weighted by molar-refractivity contribution is 5.85. The molecule has 0 amide bonds. The molecule has 5 heteroatoms. The zero-order valence-corrected chi connectivity index (χ0v) is 17.8. The van der Waals surface area contributed by atoms with Gasteiger partial charge in [-0.3, -0.25) is 0 Å². The number of methoxy groups -OCH3 is 2. The highest BCUT2D eigenvalue weighted by Crippen LogP contribution is 2.30. The van der Waals surface area contributed by atoms with Gasteiger partial charge in [-0.05, 0) is 40.6 Å². The first-order valence-electron chi connectivity index (χ1n) is 10.3. The van der Waals surface area contributed by atoms with E-state index in [0.717, 1.165) is 29.2 Å². The van der Waals surface area contributed by atoms with Crippen LogP contribution in [0, 0.1) is 0 Å². The van der Waals surface area contributed by atoms with Crippen LogP contribution in [-0.4, -0.2) is 43.6 Å². The van der Waals surface area contributed by atoms with Crippen LogP contribution < -0.4 is 4.74 Å². The summed E-state index contributed by atoms with van der Waals surface area (Å²) in [5, 5.41) is 2.37. The van der Waals surface area contributed by atoms with Gasteiger partial charge in [0.15, 0.2) is 0 Å². The van der Waals surface area contributed by atoms with Gasteiger partial charge in [-0.1, -0.05) is 43.3 Å². The minimum Gasteiger partial charge on any atom is -0.497 e. The lowest BCUT2D eigenvalue weighted by molar-refractivity contribution is 0.0666. The topological polar surface area (TPSA) is 45.5 Å². The molecule has 4 aromatic rings. The van der Waals surface area contributed by atoms with Gasteiger partial charge in [-0.15, -0.1) is 0 Å². The zero-order chi connectivity index (χ0) is 20.9. The van der Waals surface area contributed by atoms with Crippen molar-refractivity contribution in [2.75, 3.05) is 34.0 Å². The van der Waals surface area contributed by atoms with Gasteiger partial charge in [0.25, 0.3) is 0 Å². The van der Waals surface area contributed by atoms with Crippen LogP contribution in [0.5, 0.6) is 5.75 Å². The molecule has 4 rings (SSSR count). The van der Waals surface area contributed by atoms with Crippen LogP contribution in [-0.2, 0) is 16.0 Å². The Kier molecular flexibility index (Phi) is 6.31. The lowest BCUT2D eigenvalue weighted by atomic mass is 9.97. The van der Waals surface area contributed by atoms with Crippen molar-refractivity contribution in [2.24, 2.45) is 0 Å². The molecule has 0 radical (unpaired) electrons. The maximum Gasteiger partial charge on any atom is 0.119 e. The summed E-state index contributed by atoms with van der Waals surface area (Å²) in [5.41, 5.74) is 3.39. The number of rotatable bonds is 9. The van der Waals surface area contributed by atoms with E-state index < -0.39 is 0 Å². The fourth-order valence-electron chi connectivity index (χ4n) is 3.85. The Bertz CT molecular complexity index is 1140. The highest BCUT2D eigenvalue weighted by atomic mass is 16.5. The van der Waals surface area contributed by atoms with Crippen molar-refractivity contribution in [2.45, 2.75) is 19.4 Å². The minimum atomic E-state index is 0.155. The average molecular weight is 405 g/mol. The van der Waals surface area contributed by atoms with E-state index in [-0.39, 0.29) is 5.92 Å². The summed E-state index contributed by atoms with van der Waals surface area (Å²) in [6.45, 7) is 4.81. The number of ether oxygens (including phenoxy) is 3. The van der Waals surface area contributed by atoms with Crippen molar-refractivity contribution in [1.29, 1.82) is 0 Å². The smallest absolute Gasteiger partial charge is 0.119 e. The molecule has 156 valence electrons. The van der Waals surface area contributed by atoms with E-state index in [4.69, 9.17) is 19.2 Å². The first-order valence-corrected chi connectivity index (χ1v) is 10.3. The summed E-state index contributed by atoms with van der Waals surface area (Å²) >= 11 is 0. The highest BCUT2D eigenvalue weighted by Gasteiger charge is 2.18. The standard InChI is InChI=1S/C25H28N2O3/c1-18(19-8-9-21-17-22(29-3)11-10-20(21)16-19)25-26-23-6-4-5-7-24(23)27(25)12-13-30-15-14-28-2/h4-11,16-18H,12-15H2,1-3H3. The van der Waals surface area contributed by atoms with Crippen LogP contribution >= 0.6 is 0 Å². The molecule has 0 fully saturated rings. The lowest BCUT2D eigenvalue weighted by Crippen LogP contribution is -2.13. The number of hydrogen-bond donors (Lipinski definition) is 0. The molecule has 0 aliphatic carbocycles. The van der Waals surface area contributed by atoms with Crippen LogP contribution in [0.25, 0.3) is 21.8 Å². The van der Waals surface area contributed by atoms with Crippen LogP contribution in [0.15, 0.2) is 60.7 Å². The number of nitrogens with zero attached hydrogens (tertiary/aromatic N) is 2. The molecule has 3 aromatic carbocycles. The molecule has 0 aliphatic rings. The number of fused-ring (bicyclic) bond motifs is 2. The van der Waals surface area contributed by atoms with Crippen LogP contribution in [0.1, 0.15) is 24.2 Å². The normalized spacial score (nSPS) is 12.5. The van der Waals surface area contributed by atoms with Gasteiger partial charge in [-0.2, -0.15) is 0 Å². The lowest BCUT2D eigenvalue weighted by Gasteiger charge is -2.16. The van der Waals surface area contributed by atoms with Gasteiger partial charge in [-0.25, -0.2) is 4.98 Å². The summed E-state index contributed by atoms with van der Waals surface area (Å²) in [5.74, 6) is 2.08. The summed E-state index contributed by atoms with van der Waals surface area (Å²) in [7, 11) is 3.38. The Hall–Kier alpha value is -2.89. The number of para-hydroxylation sites is 2. The van der Waals surface area contributed by atoms with E-state index in [0.29, 0.717) is 19.8 Å². The third-order valence-electron chi connectivity index (χ3n) is 5.53. The van der Waals surface area contributed by atoms with Crippen molar-refractivity contribution in [3.05, 3.63) is 72.1 Å². The van der Waals surface area contributed by atoms with Crippen LogP contribution in [0.3, 0.4) is 0 Å². The molecule has 0 bridgehead atoms. The second-order valence-electron chi connectivity index (χ2n) is 7.41. The van der Waals surface area contributed by atoms with Gasteiger partial charge >= 0.3 is 0 Å². The van der Waals surface area contributed by atoms with Gasteiger partial charge in [0.1, 0.15) is 11.6 Å². The fraction of sp³-hybridized carbons (Fsp3) is 0.320. The van der Waals surface area contributed by atoms with Gasteiger partial charge in [0, 0.05) is 19.6 Å². The third kappa shape index (κ3) is 4.18. The predicted octanol–water partition coefficient (Wildman–Crippen LogP) is 5.01. The van der Waals surface area contributed by atoms with E-state index >= 15 is 0 Å². The van der Waals surface area contributed by atoms with Crippen molar-refractivity contribution in [3.8, 4) is 5.75 Å². The minimum absolute atomic E-state index is 0.155. The monoisotopic (exact) mass is 404 g/mol. The van der Waals surface area contributed by atoms with Crippen molar-refractivity contribution < 1.29 is 14.2 Å². The van der Waals surface area contributed by atoms with Crippen LogP contribution in [0.4, 0.5) is 0 Å². The largest absolute Gasteiger partial charge is 0.497 e. The molecular weight excluding hydrogens is 376 g/mol. The third-order valence-corrected chi connectivity index (χ3v) is 5.53. The Morgan fingerprint density at radius 1 is 0.900 bits per heavy atom. The Balaban J connectivity index is 1.65. The van der Waals surface area contributed by atoms with Gasteiger partial charge in [0.05, 0.1) is 38.0 Å². The van der Waals surface area contributed by atoms with E-state index in [1.165, 1.54) is 16.3 Å². The second-order valence-corrected chi connectivity index (χ2v) is 7.41. The van der Waals surface area contributed by atoms with E-state index in [9.17, 15) is 0 Å². The van der Waals surface area contributed by atoms with E-state index in [2.05, 4.69) is 60.0 Å². The molecule has 5 nitrogen and oxygen atoms in total. The summed E-state index contributed by atoms with van der Waals surface area (Å²) in [6, 6.07) is 21.1. The molecule has 30 heavy (non-hydrogen) atoms. The maximum absolute atomic E-state index is 5.73. The van der Waals surface area contributed by atoms with E-state index in [1.807, 2.05) is 12.1 Å². The predicted molar refractivity (Wildman–Crippen MR) is 120 cm³/mol. The molecule has 0 saturated carbocycles.